The Hall–Kier alpha value is -0.550. The van der Waals surface area contributed by atoms with Crippen molar-refractivity contribution in [3.8, 4) is 5.75 Å². The molecule has 0 radical (unpaired) electrons. The zero-order valence-corrected chi connectivity index (χ0v) is 13.3. The Labute approximate surface area is 132 Å². The largest absolute Gasteiger partial charge is 0.494 e. The summed E-state index contributed by atoms with van der Waals surface area (Å²) >= 11 is 0. The van der Waals surface area contributed by atoms with E-state index in [0.29, 0.717) is 6.61 Å². The van der Waals surface area contributed by atoms with E-state index in [2.05, 4.69) is 10.2 Å². The molecule has 0 bridgehead atoms. The molecule has 6 heteroatoms. The summed E-state index contributed by atoms with van der Waals surface area (Å²) in [7, 11) is 0. The van der Waals surface area contributed by atoms with Crippen molar-refractivity contribution in [1.82, 2.24) is 10.2 Å². The number of nitrogens with zero attached hydrogens (tertiary/aromatic N) is 1. The van der Waals surface area contributed by atoms with Crippen LogP contribution in [-0.2, 0) is 0 Å². The highest BCUT2D eigenvalue weighted by Crippen LogP contribution is 2.25. The van der Waals surface area contributed by atoms with E-state index in [-0.39, 0.29) is 37.5 Å². The van der Waals surface area contributed by atoms with Gasteiger partial charge in [-0.25, -0.2) is 4.39 Å². The van der Waals surface area contributed by atoms with Gasteiger partial charge < -0.3 is 10.1 Å². The van der Waals surface area contributed by atoms with Gasteiger partial charge in [0, 0.05) is 26.2 Å². The van der Waals surface area contributed by atoms with Crippen LogP contribution < -0.4 is 10.1 Å². The van der Waals surface area contributed by atoms with E-state index in [0.717, 1.165) is 37.5 Å². The standard InChI is InChI=1S/C14H21FN2O.2ClH/c1-2-18-13-5-3-4-12(10-13)14(11-15)17-8-6-16-7-9-17;;/h3-5,10,14,16H,2,6-9,11H2,1H3;2*1H/t14-;;/m0../s1. The van der Waals surface area contributed by atoms with E-state index in [1.165, 1.54) is 0 Å². The van der Waals surface area contributed by atoms with Gasteiger partial charge in [-0.05, 0) is 24.6 Å². The molecular weight excluding hydrogens is 302 g/mol. The first-order valence-corrected chi connectivity index (χ1v) is 6.58. The van der Waals surface area contributed by atoms with Gasteiger partial charge in [0.2, 0.25) is 0 Å². The summed E-state index contributed by atoms with van der Waals surface area (Å²) in [5.74, 6) is 0.823. The molecule has 1 aliphatic heterocycles. The molecule has 20 heavy (non-hydrogen) atoms. The molecule has 1 heterocycles. The van der Waals surface area contributed by atoms with Crippen molar-refractivity contribution < 1.29 is 9.13 Å². The minimum absolute atomic E-state index is 0. The lowest BCUT2D eigenvalue weighted by Gasteiger charge is -2.33. The van der Waals surface area contributed by atoms with Crippen molar-refractivity contribution in [1.29, 1.82) is 0 Å². The van der Waals surface area contributed by atoms with E-state index in [9.17, 15) is 4.39 Å². The van der Waals surface area contributed by atoms with Crippen LogP contribution in [-0.4, -0.2) is 44.4 Å². The van der Waals surface area contributed by atoms with Crippen LogP contribution in [0.3, 0.4) is 0 Å². The summed E-state index contributed by atoms with van der Waals surface area (Å²) in [5.41, 5.74) is 1.00. The number of hydrogen-bond acceptors (Lipinski definition) is 3. The van der Waals surface area contributed by atoms with Gasteiger partial charge in [0.05, 0.1) is 12.6 Å². The lowest BCUT2D eigenvalue weighted by molar-refractivity contribution is 0.147. The first-order chi connectivity index (χ1) is 8.85. The summed E-state index contributed by atoms with van der Waals surface area (Å²) < 4.78 is 18.8. The molecule has 2 rings (SSSR count). The third-order valence-electron chi connectivity index (χ3n) is 3.29. The summed E-state index contributed by atoms with van der Waals surface area (Å²) in [6.45, 7) is 5.90. The number of halogens is 3. The van der Waals surface area contributed by atoms with Crippen LogP contribution >= 0.6 is 24.8 Å². The molecule has 3 nitrogen and oxygen atoms in total. The van der Waals surface area contributed by atoms with Gasteiger partial charge in [0.25, 0.3) is 0 Å². The normalized spacial score (nSPS) is 16.7. The molecule has 0 saturated carbocycles. The Morgan fingerprint density at radius 1 is 1.30 bits per heavy atom. The van der Waals surface area contributed by atoms with Gasteiger partial charge in [0.1, 0.15) is 12.4 Å². The second-order valence-corrected chi connectivity index (χ2v) is 4.46. The first-order valence-electron chi connectivity index (χ1n) is 6.58. The van der Waals surface area contributed by atoms with Gasteiger partial charge >= 0.3 is 0 Å². The molecule has 0 aromatic heterocycles. The molecule has 0 unspecified atom stereocenters. The van der Waals surface area contributed by atoms with Crippen LogP contribution in [0.1, 0.15) is 18.5 Å². The Morgan fingerprint density at radius 3 is 2.60 bits per heavy atom. The maximum absolute atomic E-state index is 13.3. The van der Waals surface area contributed by atoms with Gasteiger partial charge in [-0.15, -0.1) is 24.8 Å². The third kappa shape index (κ3) is 5.09. The second kappa shape index (κ2) is 10.2. The summed E-state index contributed by atoms with van der Waals surface area (Å²) in [4.78, 5) is 2.20. The van der Waals surface area contributed by atoms with Crippen molar-refractivity contribution in [2.45, 2.75) is 13.0 Å². The Balaban J connectivity index is 0.00000180. The maximum Gasteiger partial charge on any atom is 0.119 e. The zero-order chi connectivity index (χ0) is 12.8. The summed E-state index contributed by atoms with van der Waals surface area (Å²) in [6, 6.07) is 7.64. The van der Waals surface area contributed by atoms with Gasteiger partial charge in [-0.3, -0.25) is 4.90 Å². The van der Waals surface area contributed by atoms with Crippen LogP contribution in [0.5, 0.6) is 5.75 Å². The number of nitrogens with one attached hydrogen (secondary N) is 1. The molecule has 1 N–H and O–H groups in total. The Kier molecular flexibility index (Phi) is 9.94. The van der Waals surface area contributed by atoms with Gasteiger partial charge in [-0.1, -0.05) is 12.1 Å². The van der Waals surface area contributed by atoms with E-state index >= 15 is 0 Å². The van der Waals surface area contributed by atoms with Gasteiger partial charge in [0.15, 0.2) is 0 Å². The molecule has 116 valence electrons. The zero-order valence-electron chi connectivity index (χ0n) is 11.7. The van der Waals surface area contributed by atoms with E-state index in [1.807, 2.05) is 31.2 Å². The smallest absolute Gasteiger partial charge is 0.119 e. The van der Waals surface area contributed by atoms with E-state index in [4.69, 9.17) is 4.74 Å². The van der Waals surface area contributed by atoms with Crippen molar-refractivity contribution in [3.05, 3.63) is 29.8 Å². The molecule has 0 aliphatic carbocycles. The summed E-state index contributed by atoms with van der Waals surface area (Å²) in [5, 5.41) is 3.29. The molecule has 1 aliphatic rings. The molecule has 1 aromatic carbocycles. The number of rotatable bonds is 5. The Bertz CT molecular complexity index is 376. The SMILES string of the molecule is CCOc1cccc([C@H](CF)N2CCNCC2)c1.Cl.Cl. The molecule has 0 spiro atoms. The molecule has 1 saturated heterocycles. The van der Waals surface area contributed by atoms with Crippen molar-refractivity contribution >= 4 is 24.8 Å². The summed E-state index contributed by atoms with van der Waals surface area (Å²) in [6.07, 6.45) is 0. The van der Waals surface area contributed by atoms with Gasteiger partial charge in [-0.2, -0.15) is 0 Å². The van der Waals surface area contributed by atoms with Crippen LogP contribution in [0.4, 0.5) is 4.39 Å². The fraction of sp³-hybridized carbons (Fsp3) is 0.571. The predicted molar refractivity (Wildman–Crippen MR) is 85.3 cm³/mol. The fourth-order valence-electron chi connectivity index (χ4n) is 2.37. The average molecular weight is 325 g/mol. The monoisotopic (exact) mass is 324 g/mol. The van der Waals surface area contributed by atoms with E-state index in [1.54, 1.807) is 0 Å². The lowest BCUT2D eigenvalue weighted by atomic mass is 10.1. The van der Waals surface area contributed by atoms with Crippen LogP contribution in [0.15, 0.2) is 24.3 Å². The molecule has 1 atom stereocenters. The highest BCUT2D eigenvalue weighted by Gasteiger charge is 2.22. The number of hydrogen-bond donors (Lipinski definition) is 1. The minimum Gasteiger partial charge on any atom is -0.494 e. The molecule has 0 amide bonds. The van der Waals surface area contributed by atoms with Crippen LogP contribution in [0.2, 0.25) is 0 Å². The van der Waals surface area contributed by atoms with Crippen molar-refractivity contribution in [3.63, 3.8) is 0 Å². The average Bonchev–Trinajstić information content (AvgIpc) is 2.42. The van der Waals surface area contributed by atoms with Crippen LogP contribution in [0, 0.1) is 0 Å². The number of piperazine rings is 1. The van der Waals surface area contributed by atoms with Crippen molar-refractivity contribution in [2.24, 2.45) is 0 Å². The topological polar surface area (TPSA) is 24.5 Å². The van der Waals surface area contributed by atoms with Crippen molar-refractivity contribution in [2.75, 3.05) is 39.5 Å². The highest BCUT2D eigenvalue weighted by atomic mass is 35.5. The number of ether oxygens (including phenoxy) is 1. The molecule has 1 fully saturated rings. The Morgan fingerprint density at radius 2 is 2.00 bits per heavy atom. The quantitative estimate of drug-likeness (QED) is 0.901. The highest BCUT2D eigenvalue weighted by molar-refractivity contribution is 5.85. The maximum atomic E-state index is 13.3. The first kappa shape index (κ1) is 19.4. The minimum atomic E-state index is -0.352. The van der Waals surface area contributed by atoms with E-state index < -0.39 is 0 Å². The molecular formula is C14H23Cl2FN2O. The number of benzene rings is 1. The fourth-order valence-corrected chi connectivity index (χ4v) is 2.37. The van der Waals surface area contributed by atoms with Crippen LogP contribution in [0.25, 0.3) is 0 Å². The second-order valence-electron chi connectivity index (χ2n) is 4.46. The lowest BCUT2D eigenvalue weighted by Crippen LogP contribution is -2.45. The predicted octanol–water partition coefficient (Wildman–Crippen LogP) is 2.84. The molecule has 1 aromatic rings. The number of alkyl halides is 1. The third-order valence-corrected chi connectivity index (χ3v) is 3.29.